The molecule has 0 aliphatic heterocycles. The molecule has 0 saturated heterocycles. The fourth-order valence-electron chi connectivity index (χ4n) is 2.30. The van der Waals surface area contributed by atoms with Gasteiger partial charge in [-0.2, -0.15) is 0 Å². The second-order valence-electron chi connectivity index (χ2n) is 4.92. The summed E-state index contributed by atoms with van der Waals surface area (Å²) in [6.07, 6.45) is 0. The van der Waals surface area contributed by atoms with Crippen LogP contribution in [0.3, 0.4) is 0 Å². The maximum Gasteiger partial charge on any atom is 0.0784 e. The van der Waals surface area contributed by atoms with Crippen LogP contribution < -0.4 is 5.73 Å². The average Bonchev–Trinajstić information content (AvgIpc) is 2.56. The largest absolute Gasteiger partial charge is 0.325 e. The maximum absolute atomic E-state index is 5.98. The maximum atomic E-state index is 5.98. The zero-order chi connectivity index (χ0) is 15.5. The van der Waals surface area contributed by atoms with Gasteiger partial charge in [0.25, 0.3) is 0 Å². The number of benzene rings is 2. The lowest BCUT2D eigenvalue weighted by Crippen LogP contribution is -2.01. The Labute approximate surface area is 139 Å². The quantitative estimate of drug-likeness (QED) is 0.719. The Kier molecular flexibility index (Phi) is 4.44. The first kappa shape index (κ1) is 15.0. The van der Waals surface area contributed by atoms with E-state index in [1.807, 2.05) is 60.7 Å². The first-order valence-corrected chi connectivity index (χ1v) is 7.65. The second kappa shape index (κ2) is 6.49. The molecule has 3 aromatic rings. The molecule has 3 rings (SSSR count). The summed E-state index contributed by atoms with van der Waals surface area (Å²) in [4.78, 5) is 4.69. The van der Waals surface area contributed by atoms with E-state index < -0.39 is 0 Å². The normalized spacial score (nSPS) is 10.7. The summed E-state index contributed by atoms with van der Waals surface area (Å²) in [5, 5.41) is 1.41. The Morgan fingerprint density at radius 2 is 1.27 bits per heavy atom. The number of hydrogen-bond donors (Lipinski definition) is 1. The molecule has 0 fully saturated rings. The van der Waals surface area contributed by atoms with Crippen LogP contribution in [0.5, 0.6) is 0 Å². The number of nitrogens with zero attached hydrogens (tertiary/aromatic N) is 1. The number of aromatic nitrogens is 1. The van der Waals surface area contributed by atoms with Gasteiger partial charge in [0.2, 0.25) is 0 Å². The predicted molar refractivity (Wildman–Crippen MR) is 93.0 cm³/mol. The molecule has 0 spiro atoms. The molecule has 2 aromatic carbocycles. The highest BCUT2D eigenvalue weighted by Crippen LogP contribution is 2.32. The standard InChI is InChI=1S/C18H14Cl2N2/c19-14-5-1-12(2-6-14)17-10-9-16(11-21)22-18(17)13-3-7-15(20)8-4-13/h1-10H,11,21H2. The fourth-order valence-corrected chi connectivity index (χ4v) is 2.56. The van der Waals surface area contributed by atoms with E-state index in [0.717, 1.165) is 28.1 Å². The van der Waals surface area contributed by atoms with Gasteiger partial charge in [-0.1, -0.05) is 53.5 Å². The zero-order valence-corrected chi connectivity index (χ0v) is 13.3. The third-order valence-corrected chi connectivity index (χ3v) is 3.94. The molecule has 0 atom stereocenters. The van der Waals surface area contributed by atoms with Crippen LogP contribution in [0.15, 0.2) is 60.7 Å². The van der Waals surface area contributed by atoms with Crippen LogP contribution in [0.2, 0.25) is 10.0 Å². The zero-order valence-electron chi connectivity index (χ0n) is 11.8. The summed E-state index contributed by atoms with van der Waals surface area (Å²) in [6.45, 7) is 0.404. The van der Waals surface area contributed by atoms with E-state index in [9.17, 15) is 0 Å². The van der Waals surface area contributed by atoms with Crippen molar-refractivity contribution in [3.05, 3.63) is 76.4 Å². The van der Waals surface area contributed by atoms with Crippen LogP contribution >= 0.6 is 23.2 Å². The molecule has 0 aliphatic rings. The predicted octanol–water partition coefficient (Wildman–Crippen LogP) is 5.18. The molecule has 22 heavy (non-hydrogen) atoms. The molecule has 0 aliphatic carbocycles. The van der Waals surface area contributed by atoms with Crippen molar-refractivity contribution in [1.82, 2.24) is 4.98 Å². The van der Waals surface area contributed by atoms with Crippen LogP contribution in [-0.2, 0) is 6.54 Å². The molecule has 2 nitrogen and oxygen atoms in total. The highest BCUT2D eigenvalue weighted by molar-refractivity contribution is 6.31. The molecule has 4 heteroatoms. The van der Waals surface area contributed by atoms with Crippen molar-refractivity contribution in [3.63, 3.8) is 0 Å². The highest BCUT2D eigenvalue weighted by atomic mass is 35.5. The van der Waals surface area contributed by atoms with Crippen LogP contribution in [-0.4, -0.2) is 4.98 Å². The van der Waals surface area contributed by atoms with Gasteiger partial charge in [0.05, 0.1) is 11.4 Å². The Morgan fingerprint density at radius 3 is 1.82 bits per heavy atom. The monoisotopic (exact) mass is 328 g/mol. The number of rotatable bonds is 3. The van der Waals surface area contributed by atoms with E-state index in [0.29, 0.717) is 16.6 Å². The molecule has 0 amide bonds. The SMILES string of the molecule is NCc1ccc(-c2ccc(Cl)cc2)c(-c2ccc(Cl)cc2)n1. The number of pyridine rings is 1. The van der Waals surface area contributed by atoms with E-state index in [1.165, 1.54) is 0 Å². The van der Waals surface area contributed by atoms with Gasteiger partial charge in [-0.3, -0.25) is 4.98 Å². The molecule has 110 valence electrons. The van der Waals surface area contributed by atoms with Crippen molar-refractivity contribution in [2.45, 2.75) is 6.54 Å². The smallest absolute Gasteiger partial charge is 0.0784 e. The van der Waals surface area contributed by atoms with Crippen molar-refractivity contribution >= 4 is 23.2 Å². The van der Waals surface area contributed by atoms with Gasteiger partial charge in [0, 0.05) is 27.7 Å². The highest BCUT2D eigenvalue weighted by Gasteiger charge is 2.10. The summed E-state index contributed by atoms with van der Waals surface area (Å²) in [5.41, 5.74) is 10.6. The van der Waals surface area contributed by atoms with Gasteiger partial charge in [0.15, 0.2) is 0 Å². The van der Waals surface area contributed by atoms with Gasteiger partial charge >= 0.3 is 0 Å². The summed E-state index contributed by atoms with van der Waals surface area (Å²) in [5.74, 6) is 0. The fraction of sp³-hybridized carbons (Fsp3) is 0.0556. The molecular formula is C18H14Cl2N2. The molecule has 1 heterocycles. The van der Waals surface area contributed by atoms with Crippen LogP contribution in [0.25, 0.3) is 22.4 Å². The molecule has 2 N–H and O–H groups in total. The molecule has 0 bridgehead atoms. The van der Waals surface area contributed by atoms with Gasteiger partial charge in [-0.05, 0) is 35.9 Å². The Hall–Kier alpha value is -1.87. The first-order chi connectivity index (χ1) is 10.7. The number of halogens is 2. The van der Waals surface area contributed by atoms with Crippen molar-refractivity contribution < 1.29 is 0 Å². The number of hydrogen-bond acceptors (Lipinski definition) is 2. The molecule has 1 aromatic heterocycles. The van der Waals surface area contributed by atoms with Crippen molar-refractivity contribution in [2.24, 2.45) is 5.73 Å². The average molecular weight is 329 g/mol. The van der Waals surface area contributed by atoms with Gasteiger partial charge in [-0.25, -0.2) is 0 Å². The van der Waals surface area contributed by atoms with Crippen LogP contribution in [0.4, 0.5) is 0 Å². The molecule has 0 radical (unpaired) electrons. The Morgan fingerprint density at radius 1 is 0.727 bits per heavy atom. The topological polar surface area (TPSA) is 38.9 Å². The van der Waals surface area contributed by atoms with Crippen LogP contribution in [0, 0.1) is 0 Å². The Balaban J connectivity index is 2.17. The second-order valence-corrected chi connectivity index (χ2v) is 5.79. The molecule has 0 saturated carbocycles. The minimum atomic E-state index is 0.404. The lowest BCUT2D eigenvalue weighted by molar-refractivity contribution is 0.994. The lowest BCUT2D eigenvalue weighted by Gasteiger charge is -2.11. The lowest BCUT2D eigenvalue weighted by atomic mass is 9.99. The molecular weight excluding hydrogens is 315 g/mol. The van der Waals surface area contributed by atoms with Crippen molar-refractivity contribution in [1.29, 1.82) is 0 Å². The Bertz CT molecular complexity index is 781. The molecule has 0 unspecified atom stereocenters. The summed E-state index contributed by atoms with van der Waals surface area (Å²) in [7, 11) is 0. The first-order valence-electron chi connectivity index (χ1n) is 6.89. The summed E-state index contributed by atoms with van der Waals surface area (Å²) >= 11 is 12.0. The van der Waals surface area contributed by atoms with Gasteiger partial charge in [-0.15, -0.1) is 0 Å². The van der Waals surface area contributed by atoms with E-state index in [-0.39, 0.29) is 0 Å². The van der Waals surface area contributed by atoms with Crippen molar-refractivity contribution in [2.75, 3.05) is 0 Å². The van der Waals surface area contributed by atoms with Gasteiger partial charge in [0.1, 0.15) is 0 Å². The minimum Gasteiger partial charge on any atom is -0.325 e. The minimum absolute atomic E-state index is 0.404. The third-order valence-electron chi connectivity index (χ3n) is 3.43. The van der Waals surface area contributed by atoms with E-state index in [1.54, 1.807) is 0 Å². The van der Waals surface area contributed by atoms with E-state index in [2.05, 4.69) is 4.98 Å². The van der Waals surface area contributed by atoms with Gasteiger partial charge < -0.3 is 5.73 Å². The van der Waals surface area contributed by atoms with Crippen LogP contribution in [0.1, 0.15) is 5.69 Å². The van der Waals surface area contributed by atoms with E-state index >= 15 is 0 Å². The number of nitrogens with two attached hydrogens (primary N) is 1. The summed E-state index contributed by atoms with van der Waals surface area (Å²) in [6, 6.07) is 19.4. The summed E-state index contributed by atoms with van der Waals surface area (Å²) < 4.78 is 0. The van der Waals surface area contributed by atoms with E-state index in [4.69, 9.17) is 28.9 Å². The third kappa shape index (κ3) is 3.14. The van der Waals surface area contributed by atoms with Crippen molar-refractivity contribution in [3.8, 4) is 22.4 Å².